The Morgan fingerprint density at radius 3 is 1.45 bits per heavy atom. The molecule has 0 atom stereocenters. The third-order valence-electron chi connectivity index (χ3n) is 10.7. The van der Waals surface area contributed by atoms with Crippen molar-refractivity contribution in [2.75, 3.05) is 4.90 Å². The first-order valence-corrected chi connectivity index (χ1v) is 20.2. The number of furan rings is 1. The van der Waals surface area contributed by atoms with Crippen molar-refractivity contribution in [1.82, 2.24) is 0 Å². The number of hydrogen-bond acceptors (Lipinski definition) is 5. The Bertz CT molecular complexity index is 3300. The van der Waals surface area contributed by atoms with Crippen LogP contribution in [-0.2, 0) is 0 Å². The van der Waals surface area contributed by atoms with Crippen molar-refractivity contribution >= 4 is 134 Å². The van der Waals surface area contributed by atoms with E-state index in [1.54, 1.807) is 0 Å². The molecular weight excluding hydrogens is 703 g/mol. The van der Waals surface area contributed by atoms with E-state index in [2.05, 4.69) is 169 Å². The van der Waals surface area contributed by atoms with E-state index in [0.717, 1.165) is 16.9 Å². The molecule has 0 saturated carbocycles. The Kier molecular flexibility index (Phi) is 6.28. The van der Waals surface area contributed by atoms with Crippen LogP contribution in [0.2, 0.25) is 0 Å². The average molecular weight is 730 g/mol. The maximum Gasteiger partial charge on any atom is 0.136 e. The van der Waals surface area contributed by atoms with E-state index in [1.165, 1.54) is 93.8 Å². The van der Waals surface area contributed by atoms with Crippen molar-refractivity contribution in [1.29, 1.82) is 0 Å². The second-order valence-corrected chi connectivity index (χ2v) is 16.7. The molecule has 0 radical (unpaired) electrons. The Labute approximate surface area is 316 Å². The fraction of sp³-hybridized carbons (Fsp3) is 0. The summed E-state index contributed by atoms with van der Waals surface area (Å²) < 4.78 is 14.3. The van der Waals surface area contributed by atoms with Crippen LogP contribution in [0.5, 0.6) is 0 Å². The number of anilines is 3. The minimum atomic E-state index is 0.918. The Hall–Kier alpha value is -5.98. The summed E-state index contributed by atoms with van der Waals surface area (Å²) >= 11 is 5.60. The summed E-state index contributed by atoms with van der Waals surface area (Å²) in [5, 5.41) is 10.2. The summed E-state index contributed by atoms with van der Waals surface area (Å²) in [4.78, 5) is 2.48. The molecule has 0 aliphatic heterocycles. The van der Waals surface area contributed by atoms with Crippen molar-refractivity contribution in [2.45, 2.75) is 0 Å². The van der Waals surface area contributed by atoms with Crippen LogP contribution < -0.4 is 4.90 Å². The van der Waals surface area contributed by atoms with Gasteiger partial charge in [0, 0.05) is 67.6 Å². The van der Waals surface area contributed by atoms with Gasteiger partial charge >= 0.3 is 0 Å². The van der Waals surface area contributed by atoms with Crippen LogP contribution in [0, 0.1) is 0 Å². The number of benzene rings is 8. The highest BCUT2D eigenvalue weighted by Crippen LogP contribution is 2.50. The van der Waals surface area contributed by atoms with Gasteiger partial charge in [-0.05, 0) is 71.8 Å². The first-order chi connectivity index (χ1) is 26.3. The van der Waals surface area contributed by atoms with Crippen LogP contribution in [0.4, 0.5) is 17.1 Å². The number of nitrogens with zero attached hydrogens (tertiary/aromatic N) is 1. The van der Waals surface area contributed by atoms with Gasteiger partial charge in [-0.3, -0.25) is 0 Å². The molecule has 0 spiro atoms. The number of rotatable bonds is 4. The average Bonchev–Trinajstić information content (AvgIpc) is 3.98. The van der Waals surface area contributed by atoms with Crippen LogP contribution >= 0.6 is 34.0 Å². The van der Waals surface area contributed by atoms with Gasteiger partial charge in [-0.15, -0.1) is 34.0 Å². The van der Waals surface area contributed by atoms with Gasteiger partial charge in [0.1, 0.15) is 11.2 Å². The predicted octanol–water partition coefficient (Wildman–Crippen LogP) is 15.8. The zero-order chi connectivity index (χ0) is 34.6. The first-order valence-electron chi connectivity index (χ1n) is 17.7. The molecule has 0 aliphatic rings. The fourth-order valence-corrected chi connectivity index (χ4v) is 12.0. The second kappa shape index (κ2) is 11.3. The molecule has 0 aliphatic carbocycles. The number of hydrogen-bond donors (Lipinski definition) is 0. The standard InChI is InChI=1S/C48H27NOS3/c1-4-19-41-31(10-1)34-14-7-16-37(46(34)51-41)49(38-17-8-15-35-32-11-2-5-20-42(32)52-47(35)38)29-24-22-28(23-25-29)30-13-9-18-39-44(30)45-40(50-39)27-26-36-33-12-3-6-21-43(33)53-48(36)45/h1-27H. The molecule has 0 bridgehead atoms. The van der Waals surface area contributed by atoms with Crippen molar-refractivity contribution in [3.05, 3.63) is 164 Å². The molecule has 4 heterocycles. The van der Waals surface area contributed by atoms with Crippen LogP contribution in [0.25, 0.3) is 93.6 Å². The minimum absolute atomic E-state index is 0.918. The molecule has 53 heavy (non-hydrogen) atoms. The van der Waals surface area contributed by atoms with Crippen LogP contribution in [0.15, 0.2) is 168 Å². The molecule has 248 valence electrons. The van der Waals surface area contributed by atoms with Gasteiger partial charge in [-0.1, -0.05) is 103 Å². The second-order valence-electron chi connectivity index (χ2n) is 13.6. The van der Waals surface area contributed by atoms with E-state index in [9.17, 15) is 0 Å². The molecule has 4 aromatic heterocycles. The van der Waals surface area contributed by atoms with Gasteiger partial charge in [-0.2, -0.15) is 0 Å². The van der Waals surface area contributed by atoms with Gasteiger partial charge in [0.15, 0.2) is 0 Å². The predicted molar refractivity (Wildman–Crippen MR) is 233 cm³/mol. The zero-order valence-electron chi connectivity index (χ0n) is 28.2. The highest BCUT2D eigenvalue weighted by Gasteiger charge is 2.22. The maximum atomic E-state index is 6.53. The smallest absolute Gasteiger partial charge is 0.136 e. The molecule has 0 amide bonds. The van der Waals surface area contributed by atoms with Gasteiger partial charge in [0.25, 0.3) is 0 Å². The molecule has 0 unspecified atom stereocenters. The largest absolute Gasteiger partial charge is 0.456 e. The van der Waals surface area contributed by atoms with Crippen LogP contribution in [0.1, 0.15) is 0 Å². The van der Waals surface area contributed by atoms with Crippen molar-refractivity contribution < 1.29 is 4.42 Å². The SMILES string of the molecule is c1cc(-c2ccc(N(c3cccc4c3sc3ccccc34)c3cccc4c3sc3ccccc34)cc2)c2c(c1)oc1ccc3c4ccccc4sc3c12. The lowest BCUT2D eigenvalue weighted by Crippen LogP contribution is -2.10. The monoisotopic (exact) mass is 729 g/mol. The topological polar surface area (TPSA) is 16.4 Å². The van der Waals surface area contributed by atoms with Crippen LogP contribution in [0.3, 0.4) is 0 Å². The van der Waals surface area contributed by atoms with Crippen LogP contribution in [-0.4, -0.2) is 0 Å². The lowest BCUT2D eigenvalue weighted by molar-refractivity contribution is 0.669. The van der Waals surface area contributed by atoms with E-state index in [-0.39, 0.29) is 0 Å². The molecule has 0 fully saturated rings. The van der Waals surface area contributed by atoms with E-state index >= 15 is 0 Å². The van der Waals surface area contributed by atoms with Crippen molar-refractivity contribution in [3.63, 3.8) is 0 Å². The summed E-state index contributed by atoms with van der Waals surface area (Å²) in [5.41, 5.74) is 7.71. The van der Waals surface area contributed by atoms with Gasteiger partial charge in [-0.25, -0.2) is 0 Å². The molecule has 0 saturated heterocycles. The lowest BCUT2D eigenvalue weighted by atomic mass is 9.98. The fourth-order valence-electron chi connectivity index (χ4n) is 8.34. The highest BCUT2D eigenvalue weighted by molar-refractivity contribution is 7.27. The summed E-state index contributed by atoms with van der Waals surface area (Å²) in [7, 11) is 0. The van der Waals surface area contributed by atoms with E-state index in [1.807, 2.05) is 34.0 Å². The number of thiophene rings is 3. The lowest BCUT2D eigenvalue weighted by Gasteiger charge is -2.27. The summed E-state index contributed by atoms with van der Waals surface area (Å²) in [6.45, 7) is 0. The minimum Gasteiger partial charge on any atom is -0.456 e. The normalized spacial score (nSPS) is 12.2. The maximum absolute atomic E-state index is 6.53. The van der Waals surface area contributed by atoms with Gasteiger partial charge in [0.2, 0.25) is 0 Å². The number of fused-ring (bicyclic) bond motifs is 13. The molecule has 2 nitrogen and oxygen atoms in total. The van der Waals surface area contributed by atoms with E-state index < -0.39 is 0 Å². The summed E-state index contributed by atoms with van der Waals surface area (Å²) in [6.07, 6.45) is 0. The van der Waals surface area contributed by atoms with E-state index in [4.69, 9.17) is 4.42 Å². The molecule has 12 rings (SSSR count). The molecule has 8 aromatic carbocycles. The quantitative estimate of drug-likeness (QED) is 0.179. The first kappa shape index (κ1) is 29.6. The molecule has 12 aromatic rings. The van der Waals surface area contributed by atoms with E-state index in [0.29, 0.717) is 0 Å². The van der Waals surface area contributed by atoms with Gasteiger partial charge < -0.3 is 9.32 Å². The zero-order valence-corrected chi connectivity index (χ0v) is 30.6. The molecule has 0 N–H and O–H groups in total. The Balaban J connectivity index is 1.09. The Morgan fingerprint density at radius 1 is 0.358 bits per heavy atom. The third kappa shape index (κ3) is 4.30. The van der Waals surface area contributed by atoms with Gasteiger partial charge in [0.05, 0.1) is 20.8 Å². The summed E-state index contributed by atoms with van der Waals surface area (Å²) in [6, 6.07) is 59.8. The third-order valence-corrected chi connectivity index (χ3v) is 14.3. The molecular formula is C48H27NOS3. The summed E-state index contributed by atoms with van der Waals surface area (Å²) in [5.74, 6) is 0. The van der Waals surface area contributed by atoms with Crippen molar-refractivity contribution in [2.24, 2.45) is 0 Å². The Morgan fingerprint density at radius 2 is 0.849 bits per heavy atom. The highest BCUT2D eigenvalue weighted by atomic mass is 32.1. The van der Waals surface area contributed by atoms with Crippen molar-refractivity contribution in [3.8, 4) is 11.1 Å². The molecule has 5 heteroatoms.